The molecule has 0 bridgehead atoms. The number of aromatic amines is 1. The van der Waals surface area contributed by atoms with Gasteiger partial charge in [-0.3, -0.25) is 4.79 Å². The van der Waals surface area contributed by atoms with Crippen LogP contribution in [-0.2, 0) is 4.79 Å². The maximum absolute atomic E-state index is 11.8. The molecule has 190 valence electrons. The predicted octanol–water partition coefficient (Wildman–Crippen LogP) is 2.94. The summed E-state index contributed by atoms with van der Waals surface area (Å²) < 4.78 is 5.45. The predicted molar refractivity (Wildman–Crippen MR) is 139 cm³/mol. The summed E-state index contributed by atoms with van der Waals surface area (Å²) in [5.74, 6) is 0.232. The molecule has 3 rings (SSSR count). The zero-order chi connectivity index (χ0) is 25.5. The van der Waals surface area contributed by atoms with Gasteiger partial charge in [-0.2, -0.15) is 20.1 Å². The van der Waals surface area contributed by atoms with Crippen molar-refractivity contribution in [2.75, 3.05) is 43.7 Å². The number of aromatic nitrogens is 4. The van der Waals surface area contributed by atoms with Crippen LogP contribution in [0.2, 0.25) is 0 Å². The van der Waals surface area contributed by atoms with E-state index in [1.165, 1.54) is 0 Å². The van der Waals surface area contributed by atoms with Crippen LogP contribution in [0.5, 0.6) is 6.01 Å². The molecule has 1 amide bonds. The number of anilines is 2. The van der Waals surface area contributed by atoms with Crippen molar-refractivity contribution in [3.05, 3.63) is 36.0 Å². The molecule has 2 heterocycles. The van der Waals surface area contributed by atoms with Gasteiger partial charge in [0.1, 0.15) is 0 Å². The molecule has 11 heteroatoms. The number of hydrogen-bond acceptors (Lipinski definition) is 9. The number of hydrogen-bond donors (Lipinski definition) is 4. The van der Waals surface area contributed by atoms with Crippen LogP contribution in [0.4, 0.5) is 11.9 Å². The molecule has 4 N–H and O–H groups in total. The molecule has 0 aliphatic carbocycles. The monoisotopic (exact) mass is 484 g/mol. The SMILES string of the molecule is CC.CCCCCN(C)c1nc(N/N=C/c2c[nH]c3ccccc23)nc(OCC(=O)NCCO)n1. The molecule has 0 aliphatic rings. The second kappa shape index (κ2) is 15.2. The third-order valence-corrected chi connectivity index (χ3v) is 4.80. The average molecular weight is 485 g/mol. The number of amides is 1. The first-order valence-electron chi connectivity index (χ1n) is 11.9. The number of aliphatic hydroxyl groups is 1. The molecular formula is C24H36N8O3. The Labute approximate surface area is 206 Å². The Morgan fingerprint density at radius 2 is 2.03 bits per heavy atom. The van der Waals surface area contributed by atoms with Gasteiger partial charge >= 0.3 is 6.01 Å². The Hall–Kier alpha value is -3.73. The zero-order valence-corrected chi connectivity index (χ0v) is 20.9. The minimum atomic E-state index is -0.380. The molecule has 3 aromatic rings. The maximum atomic E-state index is 11.8. The molecule has 0 aliphatic heterocycles. The molecule has 0 unspecified atom stereocenters. The van der Waals surface area contributed by atoms with Crippen molar-refractivity contribution in [2.24, 2.45) is 5.10 Å². The van der Waals surface area contributed by atoms with Gasteiger partial charge in [0, 0.05) is 42.8 Å². The number of para-hydroxylation sites is 1. The number of carbonyl (C=O) groups is 1. The van der Waals surface area contributed by atoms with E-state index in [1.807, 2.05) is 56.3 Å². The van der Waals surface area contributed by atoms with Gasteiger partial charge < -0.3 is 25.0 Å². The van der Waals surface area contributed by atoms with Crippen LogP contribution in [0.3, 0.4) is 0 Å². The van der Waals surface area contributed by atoms with E-state index >= 15 is 0 Å². The third-order valence-electron chi connectivity index (χ3n) is 4.80. The number of hydrazone groups is 1. The lowest BCUT2D eigenvalue weighted by Gasteiger charge is -2.17. The Bertz CT molecular complexity index is 1070. The number of nitrogens with zero attached hydrogens (tertiary/aromatic N) is 5. The highest BCUT2D eigenvalue weighted by Crippen LogP contribution is 2.17. The van der Waals surface area contributed by atoms with Crippen molar-refractivity contribution in [3.8, 4) is 6.01 Å². The fraction of sp³-hybridized carbons (Fsp3) is 0.458. The van der Waals surface area contributed by atoms with Crippen molar-refractivity contribution >= 4 is 34.9 Å². The molecule has 2 aromatic heterocycles. The van der Waals surface area contributed by atoms with E-state index in [0.717, 1.165) is 42.3 Å². The van der Waals surface area contributed by atoms with Gasteiger partial charge in [-0.1, -0.05) is 51.8 Å². The van der Waals surface area contributed by atoms with Crippen molar-refractivity contribution in [1.82, 2.24) is 25.3 Å². The number of unbranched alkanes of at least 4 members (excludes halogenated alkanes) is 2. The standard InChI is InChI=1S/C22H30N8O3.C2H6/c1-3-4-7-11-30(2)21-26-20(27-22(28-21)33-15-19(32)23-10-12-31)29-25-14-16-13-24-18-9-6-5-8-17(16)18;1-2/h5-6,8-9,13-14,24,31H,3-4,7,10-12,15H2,1-2H3,(H,23,32)(H,26,27,28,29);1-2H3/b25-14+;. The number of H-pyrrole nitrogens is 1. The van der Waals surface area contributed by atoms with Gasteiger partial charge in [-0.25, -0.2) is 5.43 Å². The number of nitrogens with one attached hydrogen (secondary N) is 3. The number of benzene rings is 1. The molecule has 11 nitrogen and oxygen atoms in total. The Morgan fingerprint density at radius 1 is 1.23 bits per heavy atom. The summed E-state index contributed by atoms with van der Waals surface area (Å²) in [7, 11) is 1.89. The number of ether oxygens (including phenoxy) is 1. The average Bonchev–Trinajstić information content (AvgIpc) is 3.30. The van der Waals surface area contributed by atoms with Crippen molar-refractivity contribution in [3.63, 3.8) is 0 Å². The van der Waals surface area contributed by atoms with Gasteiger partial charge in [0.25, 0.3) is 11.9 Å². The van der Waals surface area contributed by atoms with Crippen LogP contribution in [0.25, 0.3) is 10.9 Å². The number of aliphatic hydroxyl groups excluding tert-OH is 1. The molecule has 0 saturated carbocycles. The Balaban J connectivity index is 0.00000210. The number of rotatable bonds is 13. The lowest BCUT2D eigenvalue weighted by Crippen LogP contribution is -2.31. The second-order valence-electron chi connectivity index (χ2n) is 7.39. The highest BCUT2D eigenvalue weighted by molar-refractivity contribution is 5.99. The number of carbonyl (C=O) groups excluding carboxylic acids is 1. The van der Waals surface area contributed by atoms with Crippen LogP contribution in [0.1, 0.15) is 45.6 Å². The minimum absolute atomic E-state index is 0.00582. The van der Waals surface area contributed by atoms with Gasteiger partial charge in [0.05, 0.1) is 12.8 Å². The molecule has 0 saturated heterocycles. The largest absolute Gasteiger partial charge is 0.453 e. The van der Waals surface area contributed by atoms with Crippen LogP contribution in [0.15, 0.2) is 35.6 Å². The summed E-state index contributed by atoms with van der Waals surface area (Å²) in [6, 6.07) is 7.94. The summed E-state index contributed by atoms with van der Waals surface area (Å²) in [6.45, 7) is 6.64. The minimum Gasteiger partial charge on any atom is -0.453 e. The molecular weight excluding hydrogens is 448 g/mol. The van der Waals surface area contributed by atoms with Crippen molar-refractivity contribution in [1.29, 1.82) is 0 Å². The van der Waals surface area contributed by atoms with Gasteiger partial charge in [0.15, 0.2) is 6.61 Å². The molecule has 0 fully saturated rings. The van der Waals surface area contributed by atoms with E-state index in [2.05, 4.69) is 42.7 Å². The normalized spacial score (nSPS) is 10.7. The van der Waals surface area contributed by atoms with Crippen LogP contribution in [-0.4, -0.2) is 70.5 Å². The third kappa shape index (κ3) is 8.85. The summed E-state index contributed by atoms with van der Waals surface area (Å²) in [4.78, 5) is 29.9. The van der Waals surface area contributed by atoms with Crippen molar-refractivity contribution in [2.45, 2.75) is 40.0 Å². The highest BCUT2D eigenvalue weighted by atomic mass is 16.5. The van der Waals surface area contributed by atoms with E-state index in [4.69, 9.17) is 9.84 Å². The summed E-state index contributed by atoms with van der Waals surface area (Å²) in [5.41, 5.74) is 4.76. The molecule has 35 heavy (non-hydrogen) atoms. The lowest BCUT2D eigenvalue weighted by atomic mass is 10.2. The Kier molecular flexibility index (Phi) is 12.0. The summed E-state index contributed by atoms with van der Waals surface area (Å²) in [5, 5.41) is 16.6. The van der Waals surface area contributed by atoms with Gasteiger partial charge in [-0.15, -0.1) is 0 Å². The molecule has 0 spiro atoms. The van der Waals surface area contributed by atoms with Crippen molar-refractivity contribution < 1.29 is 14.6 Å². The fourth-order valence-electron chi connectivity index (χ4n) is 3.07. The second-order valence-corrected chi connectivity index (χ2v) is 7.39. The maximum Gasteiger partial charge on any atom is 0.323 e. The van der Waals surface area contributed by atoms with E-state index < -0.39 is 0 Å². The summed E-state index contributed by atoms with van der Waals surface area (Å²) >= 11 is 0. The molecule has 0 atom stereocenters. The summed E-state index contributed by atoms with van der Waals surface area (Å²) in [6.07, 6.45) is 6.76. The zero-order valence-electron chi connectivity index (χ0n) is 20.9. The van der Waals surface area contributed by atoms with E-state index in [9.17, 15) is 4.79 Å². The highest BCUT2D eigenvalue weighted by Gasteiger charge is 2.13. The van der Waals surface area contributed by atoms with Gasteiger partial charge in [0.2, 0.25) is 5.95 Å². The quantitative estimate of drug-likeness (QED) is 0.165. The lowest BCUT2D eigenvalue weighted by molar-refractivity contribution is -0.123. The topological polar surface area (TPSA) is 141 Å². The first-order valence-corrected chi connectivity index (χ1v) is 11.9. The van der Waals surface area contributed by atoms with Crippen LogP contribution < -0.4 is 20.4 Å². The van der Waals surface area contributed by atoms with E-state index in [-0.39, 0.29) is 37.6 Å². The van der Waals surface area contributed by atoms with Crippen LogP contribution >= 0.6 is 0 Å². The van der Waals surface area contributed by atoms with Gasteiger partial charge in [-0.05, 0) is 12.5 Å². The van der Waals surface area contributed by atoms with E-state index in [0.29, 0.717) is 5.95 Å². The number of fused-ring (bicyclic) bond motifs is 1. The van der Waals surface area contributed by atoms with E-state index in [1.54, 1.807) is 6.21 Å². The van der Waals surface area contributed by atoms with Crippen LogP contribution in [0, 0.1) is 0 Å². The molecule has 0 radical (unpaired) electrons. The fourth-order valence-corrected chi connectivity index (χ4v) is 3.07. The smallest absolute Gasteiger partial charge is 0.323 e. The Morgan fingerprint density at radius 3 is 2.80 bits per heavy atom. The first-order chi connectivity index (χ1) is 17.1. The molecule has 1 aromatic carbocycles. The first kappa shape index (κ1) is 27.5.